The van der Waals surface area contributed by atoms with E-state index in [2.05, 4.69) is 6.92 Å². The van der Waals surface area contributed by atoms with Crippen molar-refractivity contribution in [3.63, 3.8) is 0 Å². The van der Waals surface area contributed by atoms with Crippen LogP contribution >= 0.6 is 0 Å². The fraction of sp³-hybridized carbons (Fsp3) is 0.643. The van der Waals surface area contributed by atoms with E-state index in [0.29, 0.717) is 12.4 Å². The van der Waals surface area contributed by atoms with Crippen molar-refractivity contribution in [1.82, 2.24) is 5.43 Å². The van der Waals surface area contributed by atoms with Gasteiger partial charge in [0, 0.05) is 12.2 Å². The summed E-state index contributed by atoms with van der Waals surface area (Å²) in [5, 5.41) is 0. The molecule has 1 heterocycles. The number of ether oxygens (including phenoxy) is 1. The molecule has 19 heavy (non-hydrogen) atoms. The summed E-state index contributed by atoms with van der Waals surface area (Å²) in [6, 6.07) is 1.68. The third-order valence-electron chi connectivity index (χ3n) is 3.03. The molecular formula is C14H24N2O3. The summed E-state index contributed by atoms with van der Waals surface area (Å²) >= 11 is 0. The molecule has 0 aromatic carbocycles. The van der Waals surface area contributed by atoms with Crippen LogP contribution in [0.25, 0.3) is 0 Å². The Morgan fingerprint density at radius 2 is 2.11 bits per heavy atom. The molecule has 1 aromatic rings. The number of carbonyl (C=O) groups is 1. The maximum absolute atomic E-state index is 11.3. The topological polar surface area (TPSA) is 77.5 Å². The van der Waals surface area contributed by atoms with Crippen LogP contribution < -0.4 is 11.3 Å². The van der Waals surface area contributed by atoms with Crippen molar-refractivity contribution in [3.8, 4) is 0 Å². The first kappa shape index (κ1) is 15.7. The fourth-order valence-corrected chi connectivity index (χ4v) is 1.84. The lowest BCUT2D eigenvalue weighted by molar-refractivity contribution is 0.0924. The molecule has 0 bridgehead atoms. The first-order valence-corrected chi connectivity index (χ1v) is 6.87. The van der Waals surface area contributed by atoms with Gasteiger partial charge in [-0.15, -0.1) is 0 Å². The van der Waals surface area contributed by atoms with Gasteiger partial charge in [-0.3, -0.25) is 10.2 Å². The molecule has 0 fully saturated rings. The Balaban J connectivity index is 2.26. The van der Waals surface area contributed by atoms with Gasteiger partial charge in [0.25, 0.3) is 0 Å². The lowest BCUT2D eigenvalue weighted by Gasteiger charge is -2.03. The number of nitrogen functional groups attached to an aromatic ring is 1. The predicted molar refractivity (Wildman–Crippen MR) is 73.5 cm³/mol. The van der Waals surface area contributed by atoms with Crippen molar-refractivity contribution in [2.45, 2.75) is 52.6 Å². The Bertz CT molecular complexity index is 388. The van der Waals surface area contributed by atoms with Crippen molar-refractivity contribution in [1.29, 1.82) is 0 Å². The number of nitrogens with two attached hydrogens (primary N) is 1. The minimum Gasteiger partial charge on any atom is -0.456 e. The Kier molecular flexibility index (Phi) is 7.22. The monoisotopic (exact) mass is 268 g/mol. The number of unbranched alkanes of at least 4 members (excludes halogenated alkanes) is 4. The normalized spacial score (nSPS) is 10.7. The van der Waals surface area contributed by atoms with Gasteiger partial charge in [0.2, 0.25) is 0 Å². The van der Waals surface area contributed by atoms with Crippen molar-refractivity contribution < 1.29 is 13.9 Å². The molecule has 5 heteroatoms. The minimum atomic E-state index is -0.422. The van der Waals surface area contributed by atoms with Crippen molar-refractivity contribution in [2.75, 3.05) is 6.61 Å². The molecule has 0 spiro atoms. The second-order valence-electron chi connectivity index (χ2n) is 4.63. The Labute approximate surface area is 114 Å². The van der Waals surface area contributed by atoms with E-state index in [1.54, 1.807) is 6.07 Å². The highest BCUT2D eigenvalue weighted by molar-refractivity contribution is 5.91. The lowest BCUT2D eigenvalue weighted by atomic mass is 10.2. The molecule has 1 amide bonds. The number of nitrogens with one attached hydrogen (secondary N) is 1. The molecule has 5 nitrogen and oxygen atoms in total. The number of hydrazine groups is 1. The summed E-state index contributed by atoms with van der Waals surface area (Å²) in [6.45, 7) is 5.23. The van der Waals surface area contributed by atoms with Crippen LogP contribution in [-0.4, -0.2) is 12.5 Å². The average molecular weight is 268 g/mol. The Morgan fingerprint density at radius 1 is 1.37 bits per heavy atom. The number of rotatable bonds is 9. The van der Waals surface area contributed by atoms with Gasteiger partial charge in [-0.1, -0.05) is 32.6 Å². The zero-order valence-corrected chi connectivity index (χ0v) is 11.8. The molecule has 0 unspecified atom stereocenters. The third kappa shape index (κ3) is 5.44. The van der Waals surface area contributed by atoms with E-state index >= 15 is 0 Å². The number of amides is 1. The molecule has 3 N–H and O–H groups in total. The molecule has 0 radical (unpaired) electrons. The molecule has 0 aliphatic carbocycles. The van der Waals surface area contributed by atoms with Gasteiger partial charge in [0.1, 0.15) is 5.76 Å². The number of carbonyl (C=O) groups excluding carboxylic acids is 1. The quantitative estimate of drug-likeness (QED) is 0.312. The second kappa shape index (κ2) is 8.72. The van der Waals surface area contributed by atoms with Crippen LogP contribution in [0.4, 0.5) is 0 Å². The molecule has 0 aliphatic heterocycles. The SMILES string of the molecule is CCCCCCCOCc1cc(C(=O)NN)oc1C. The Hall–Kier alpha value is -1.33. The zero-order valence-electron chi connectivity index (χ0n) is 11.8. The van der Waals surface area contributed by atoms with Crippen LogP contribution in [0.5, 0.6) is 0 Å². The van der Waals surface area contributed by atoms with Gasteiger partial charge in [-0.25, -0.2) is 5.84 Å². The first-order valence-electron chi connectivity index (χ1n) is 6.87. The number of furan rings is 1. The average Bonchev–Trinajstić information content (AvgIpc) is 2.78. The van der Waals surface area contributed by atoms with E-state index in [0.717, 1.165) is 18.6 Å². The maximum Gasteiger partial charge on any atom is 0.300 e. The Morgan fingerprint density at radius 3 is 2.79 bits per heavy atom. The smallest absolute Gasteiger partial charge is 0.300 e. The highest BCUT2D eigenvalue weighted by atomic mass is 16.5. The summed E-state index contributed by atoms with van der Waals surface area (Å²) in [5.74, 6) is 5.55. The largest absolute Gasteiger partial charge is 0.456 e. The van der Waals surface area contributed by atoms with E-state index in [4.69, 9.17) is 15.0 Å². The summed E-state index contributed by atoms with van der Waals surface area (Å²) in [4.78, 5) is 11.3. The zero-order chi connectivity index (χ0) is 14.1. The van der Waals surface area contributed by atoms with Crippen LogP contribution in [0.3, 0.4) is 0 Å². The van der Waals surface area contributed by atoms with Crippen LogP contribution in [0, 0.1) is 6.92 Å². The molecule has 0 aliphatic rings. The van der Waals surface area contributed by atoms with Crippen molar-refractivity contribution >= 4 is 5.91 Å². The summed E-state index contributed by atoms with van der Waals surface area (Å²) in [6.07, 6.45) is 6.09. The lowest BCUT2D eigenvalue weighted by Crippen LogP contribution is -2.29. The van der Waals surface area contributed by atoms with Crippen molar-refractivity contribution in [3.05, 3.63) is 23.2 Å². The first-order chi connectivity index (χ1) is 9.19. The molecule has 0 atom stereocenters. The summed E-state index contributed by atoms with van der Waals surface area (Å²) in [5.41, 5.74) is 2.94. The molecule has 108 valence electrons. The maximum atomic E-state index is 11.3. The molecule has 0 saturated heterocycles. The minimum absolute atomic E-state index is 0.224. The number of hydrogen-bond donors (Lipinski definition) is 2. The van der Waals surface area contributed by atoms with Gasteiger partial charge in [-0.05, 0) is 19.4 Å². The van der Waals surface area contributed by atoms with Crippen molar-refractivity contribution in [2.24, 2.45) is 5.84 Å². The van der Waals surface area contributed by atoms with Crippen LogP contribution in [0.2, 0.25) is 0 Å². The van der Waals surface area contributed by atoms with Gasteiger partial charge in [0.05, 0.1) is 6.61 Å². The highest BCUT2D eigenvalue weighted by Gasteiger charge is 2.13. The number of hydrogen-bond acceptors (Lipinski definition) is 4. The van der Waals surface area contributed by atoms with E-state index in [9.17, 15) is 4.79 Å². The standard InChI is InChI=1S/C14H24N2O3/c1-3-4-5-6-7-8-18-10-12-9-13(14(17)16-15)19-11(12)2/h9H,3-8,10,15H2,1-2H3,(H,16,17). The molecule has 0 saturated carbocycles. The third-order valence-corrected chi connectivity index (χ3v) is 3.03. The second-order valence-corrected chi connectivity index (χ2v) is 4.63. The van der Waals surface area contributed by atoms with Gasteiger partial charge < -0.3 is 9.15 Å². The number of aryl methyl sites for hydroxylation is 1. The van der Waals surface area contributed by atoms with Crippen LogP contribution in [0.1, 0.15) is 60.9 Å². The van der Waals surface area contributed by atoms with Gasteiger partial charge in [-0.2, -0.15) is 0 Å². The highest BCUT2D eigenvalue weighted by Crippen LogP contribution is 2.15. The summed E-state index contributed by atoms with van der Waals surface area (Å²) in [7, 11) is 0. The van der Waals surface area contributed by atoms with Crippen LogP contribution in [0.15, 0.2) is 10.5 Å². The molecule has 1 aromatic heterocycles. The van der Waals surface area contributed by atoms with E-state index in [1.165, 1.54) is 25.7 Å². The summed E-state index contributed by atoms with van der Waals surface area (Å²) < 4.78 is 10.9. The fourth-order valence-electron chi connectivity index (χ4n) is 1.84. The van der Waals surface area contributed by atoms with Crippen LogP contribution in [-0.2, 0) is 11.3 Å². The van der Waals surface area contributed by atoms with E-state index < -0.39 is 5.91 Å². The van der Waals surface area contributed by atoms with E-state index in [-0.39, 0.29) is 5.76 Å². The molecule has 1 rings (SSSR count). The van der Waals surface area contributed by atoms with Gasteiger partial charge in [0.15, 0.2) is 5.76 Å². The predicted octanol–water partition coefficient (Wildman–Crippen LogP) is 2.68. The molecular weight excluding hydrogens is 244 g/mol. The van der Waals surface area contributed by atoms with E-state index in [1.807, 2.05) is 12.3 Å². The van der Waals surface area contributed by atoms with Gasteiger partial charge >= 0.3 is 5.91 Å².